The second-order valence-electron chi connectivity index (χ2n) is 8.22. The lowest BCUT2D eigenvalue weighted by atomic mass is 9.96. The molecule has 2 N–H and O–H groups in total. The molecule has 7 nitrogen and oxygen atoms in total. The topological polar surface area (TPSA) is 87.7 Å². The van der Waals surface area contributed by atoms with Gasteiger partial charge in [0.05, 0.1) is 0 Å². The summed E-state index contributed by atoms with van der Waals surface area (Å²) in [5.74, 6) is -0.471. The van der Waals surface area contributed by atoms with Crippen LogP contribution < -0.4 is 10.6 Å². The van der Waals surface area contributed by atoms with E-state index in [4.69, 9.17) is 4.74 Å². The van der Waals surface area contributed by atoms with Crippen molar-refractivity contribution in [3.63, 3.8) is 0 Å². The number of likely N-dealkylation sites (tertiary alicyclic amines) is 1. The Bertz CT molecular complexity index is 725. The van der Waals surface area contributed by atoms with Gasteiger partial charge in [-0.3, -0.25) is 9.59 Å². The Morgan fingerprint density at radius 3 is 2.48 bits per heavy atom. The van der Waals surface area contributed by atoms with Crippen molar-refractivity contribution in [1.29, 1.82) is 0 Å². The summed E-state index contributed by atoms with van der Waals surface area (Å²) in [4.78, 5) is 37.7. The molecule has 0 aromatic heterocycles. The number of nitrogens with one attached hydrogen (secondary N) is 2. The highest BCUT2D eigenvalue weighted by Crippen LogP contribution is 2.17. The van der Waals surface area contributed by atoms with E-state index < -0.39 is 17.5 Å². The van der Waals surface area contributed by atoms with Crippen molar-refractivity contribution >= 4 is 17.9 Å². The van der Waals surface area contributed by atoms with Crippen LogP contribution in [0.2, 0.25) is 0 Å². The number of nitrogens with zero attached hydrogens (tertiary/aromatic N) is 1. The van der Waals surface area contributed by atoms with E-state index >= 15 is 0 Å². The number of alkyl carbamates (subject to hydrolysis) is 1. The van der Waals surface area contributed by atoms with Gasteiger partial charge >= 0.3 is 6.09 Å². The fraction of sp³-hybridized carbons (Fsp3) is 0.571. The van der Waals surface area contributed by atoms with Crippen LogP contribution in [0.15, 0.2) is 24.3 Å². The van der Waals surface area contributed by atoms with Crippen molar-refractivity contribution in [2.24, 2.45) is 5.92 Å². The molecule has 8 heteroatoms. The van der Waals surface area contributed by atoms with Crippen LogP contribution in [0.1, 0.15) is 50.4 Å². The van der Waals surface area contributed by atoms with Crippen LogP contribution in [0.4, 0.5) is 9.18 Å². The van der Waals surface area contributed by atoms with Crippen LogP contribution in [-0.2, 0) is 9.53 Å². The van der Waals surface area contributed by atoms with Gasteiger partial charge in [0, 0.05) is 38.2 Å². The lowest BCUT2D eigenvalue weighted by molar-refractivity contribution is -0.132. The van der Waals surface area contributed by atoms with Crippen LogP contribution in [0.25, 0.3) is 0 Å². The molecule has 0 saturated carbocycles. The largest absolute Gasteiger partial charge is 0.444 e. The summed E-state index contributed by atoms with van der Waals surface area (Å²) in [7, 11) is 0. The van der Waals surface area contributed by atoms with Crippen molar-refractivity contribution < 1.29 is 23.5 Å². The third kappa shape index (κ3) is 8.09. The molecule has 0 aliphatic carbocycles. The van der Waals surface area contributed by atoms with Gasteiger partial charge in [0.1, 0.15) is 11.4 Å². The molecule has 1 aromatic rings. The molecule has 1 fully saturated rings. The van der Waals surface area contributed by atoms with Crippen molar-refractivity contribution in [1.82, 2.24) is 15.5 Å². The second-order valence-corrected chi connectivity index (χ2v) is 8.22. The zero-order valence-electron chi connectivity index (χ0n) is 17.3. The number of halogens is 1. The van der Waals surface area contributed by atoms with E-state index in [0.29, 0.717) is 25.2 Å². The molecule has 1 aliphatic rings. The molecule has 0 unspecified atom stereocenters. The maximum atomic E-state index is 13.2. The smallest absolute Gasteiger partial charge is 0.407 e. The molecule has 1 saturated heterocycles. The molecule has 0 spiro atoms. The number of hydrogen-bond acceptors (Lipinski definition) is 4. The quantitative estimate of drug-likeness (QED) is 0.759. The Balaban J connectivity index is 1.64. The van der Waals surface area contributed by atoms with Crippen LogP contribution in [-0.4, -0.2) is 54.6 Å². The Kier molecular flexibility index (Phi) is 7.99. The lowest BCUT2D eigenvalue weighted by Crippen LogP contribution is -2.42. The molecule has 160 valence electrons. The predicted molar refractivity (Wildman–Crippen MR) is 107 cm³/mol. The molecule has 1 aliphatic heterocycles. The van der Waals surface area contributed by atoms with E-state index in [0.717, 1.165) is 12.8 Å². The lowest BCUT2D eigenvalue weighted by Gasteiger charge is -2.32. The molecular formula is C21H30FN3O4. The van der Waals surface area contributed by atoms with Crippen LogP contribution in [0.5, 0.6) is 0 Å². The maximum Gasteiger partial charge on any atom is 0.407 e. The number of ether oxygens (including phenoxy) is 1. The fourth-order valence-corrected chi connectivity index (χ4v) is 3.10. The molecular weight excluding hydrogens is 377 g/mol. The Hall–Kier alpha value is -2.64. The molecule has 0 radical (unpaired) electrons. The molecule has 29 heavy (non-hydrogen) atoms. The minimum Gasteiger partial charge on any atom is -0.444 e. The van der Waals surface area contributed by atoms with Gasteiger partial charge in [0.15, 0.2) is 0 Å². The van der Waals surface area contributed by atoms with Gasteiger partial charge in [0.2, 0.25) is 5.91 Å². The summed E-state index contributed by atoms with van der Waals surface area (Å²) in [5.41, 5.74) is -0.268. The monoisotopic (exact) mass is 407 g/mol. The predicted octanol–water partition coefficient (Wildman–Crippen LogP) is 2.71. The summed E-state index contributed by atoms with van der Waals surface area (Å²) in [6, 6.07) is 5.59. The van der Waals surface area contributed by atoms with E-state index in [1.807, 2.05) is 0 Å². The van der Waals surface area contributed by atoms with Gasteiger partial charge in [-0.25, -0.2) is 9.18 Å². The van der Waals surface area contributed by atoms with Gasteiger partial charge in [0.25, 0.3) is 5.91 Å². The zero-order valence-corrected chi connectivity index (χ0v) is 17.3. The number of amides is 3. The standard InChI is InChI=1S/C21H30FN3O4/c1-21(2,3)29-20(28)23-10-7-18(26)25-11-8-15(9-12-25)14-24-19(27)16-5-4-6-17(22)13-16/h4-6,13,15H,7-12,14H2,1-3H3,(H,23,28)(H,24,27). The Labute approximate surface area is 171 Å². The van der Waals surface area contributed by atoms with Crippen LogP contribution in [0.3, 0.4) is 0 Å². The molecule has 1 aromatic carbocycles. The Morgan fingerprint density at radius 1 is 1.17 bits per heavy atom. The molecule has 0 atom stereocenters. The first-order valence-electron chi connectivity index (χ1n) is 9.92. The van der Waals surface area contributed by atoms with Gasteiger partial charge in [-0.15, -0.1) is 0 Å². The van der Waals surface area contributed by atoms with E-state index in [2.05, 4.69) is 10.6 Å². The summed E-state index contributed by atoms with van der Waals surface area (Å²) in [5, 5.41) is 5.42. The van der Waals surface area contributed by atoms with Gasteiger partial charge in [-0.2, -0.15) is 0 Å². The summed E-state index contributed by atoms with van der Waals surface area (Å²) >= 11 is 0. The molecule has 2 rings (SSSR count). The molecule has 1 heterocycles. The first-order valence-corrected chi connectivity index (χ1v) is 9.92. The highest BCUT2D eigenvalue weighted by Gasteiger charge is 2.23. The van der Waals surface area contributed by atoms with Gasteiger partial charge < -0.3 is 20.3 Å². The van der Waals surface area contributed by atoms with Gasteiger partial charge in [-0.1, -0.05) is 6.07 Å². The number of carbonyl (C=O) groups excluding carboxylic acids is 3. The average molecular weight is 407 g/mol. The highest BCUT2D eigenvalue weighted by molar-refractivity contribution is 5.94. The first-order chi connectivity index (χ1) is 13.6. The number of rotatable bonds is 6. The first kappa shape index (κ1) is 22.6. The minimum absolute atomic E-state index is 0.0108. The zero-order chi connectivity index (χ0) is 21.4. The van der Waals surface area contributed by atoms with Crippen LogP contribution >= 0.6 is 0 Å². The number of carbonyl (C=O) groups is 3. The normalized spacial score (nSPS) is 15.0. The fourth-order valence-electron chi connectivity index (χ4n) is 3.10. The highest BCUT2D eigenvalue weighted by atomic mass is 19.1. The third-order valence-electron chi connectivity index (χ3n) is 4.61. The van der Waals surface area contributed by atoms with Crippen molar-refractivity contribution in [3.8, 4) is 0 Å². The van der Waals surface area contributed by atoms with E-state index in [9.17, 15) is 18.8 Å². The number of piperidine rings is 1. The summed E-state index contributed by atoms with van der Waals surface area (Å²) < 4.78 is 18.3. The van der Waals surface area contributed by atoms with Crippen molar-refractivity contribution in [2.45, 2.75) is 45.6 Å². The van der Waals surface area contributed by atoms with E-state index in [-0.39, 0.29) is 30.7 Å². The van der Waals surface area contributed by atoms with Crippen molar-refractivity contribution in [2.75, 3.05) is 26.2 Å². The van der Waals surface area contributed by atoms with E-state index in [1.165, 1.54) is 18.2 Å². The average Bonchev–Trinajstić information content (AvgIpc) is 2.65. The van der Waals surface area contributed by atoms with Crippen LogP contribution in [0, 0.1) is 11.7 Å². The Morgan fingerprint density at radius 2 is 1.86 bits per heavy atom. The minimum atomic E-state index is -0.569. The number of benzene rings is 1. The van der Waals surface area contributed by atoms with Gasteiger partial charge in [-0.05, 0) is 57.7 Å². The summed E-state index contributed by atoms with van der Waals surface area (Å²) in [6.07, 6.45) is 1.27. The SMILES string of the molecule is CC(C)(C)OC(=O)NCCC(=O)N1CCC(CNC(=O)c2cccc(F)c2)CC1. The summed E-state index contributed by atoms with van der Waals surface area (Å²) in [6.45, 7) is 7.31. The number of hydrogen-bond donors (Lipinski definition) is 2. The maximum absolute atomic E-state index is 13.2. The molecule has 3 amide bonds. The van der Waals surface area contributed by atoms with Crippen molar-refractivity contribution in [3.05, 3.63) is 35.6 Å². The third-order valence-corrected chi connectivity index (χ3v) is 4.61. The second kappa shape index (κ2) is 10.2. The molecule has 0 bridgehead atoms. The van der Waals surface area contributed by atoms with E-state index in [1.54, 1.807) is 31.7 Å².